The van der Waals surface area contributed by atoms with Gasteiger partial charge in [0.15, 0.2) is 9.84 Å². The lowest BCUT2D eigenvalue weighted by Gasteiger charge is -2.34. The normalized spacial score (nSPS) is 24.2. The second kappa shape index (κ2) is 7.85. The van der Waals surface area contributed by atoms with Crippen LogP contribution in [-0.2, 0) is 16.3 Å². The summed E-state index contributed by atoms with van der Waals surface area (Å²) >= 11 is 0. The van der Waals surface area contributed by atoms with Crippen molar-refractivity contribution in [1.29, 1.82) is 0 Å². The van der Waals surface area contributed by atoms with Gasteiger partial charge in [-0.1, -0.05) is 25.1 Å². The third-order valence-electron chi connectivity index (χ3n) is 7.02. The summed E-state index contributed by atoms with van der Waals surface area (Å²) in [6, 6.07) is 13.4. The van der Waals surface area contributed by atoms with E-state index < -0.39 is 15.4 Å². The molecule has 0 saturated heterocycles. The quantitative estimate of drug-likeness (QED) is 0.683. The molecule has 172 valence electrons. The van der Waals surface area contributed by atoms with Gasteiger partial charge in [-0.2, -0.15) is 0 Å². The summed E-state index contributed by atoms with van der Waals surface area (Å²) in [5.41, 5.74) is 8.12. The highest BCUT2D eigenvalue weighted by molar-refractivity contribution is 7.90. The van der Waals surface area contributed by atoms with Gasteiger partial charge >= 0.3 is 0 Å². The van der Waals surface area contributed by atoms with E-state index in [0.29, 0.717) is 24.2 Å². The minimum atomic E-state index is -3.33. The van der Waals surface area contributed by atoms with Crippen molar-refractivity contribution in [3.63, 3.8) is 0 Å². The lowest BCUT2D eigenvalue weighted by Crippen LogP contribution is -2.34. The Morgan fingerprint density at radius 1 is 1.18 bits per heavy atom. The molecule has 0 spiro atoms. The Hall–Kier alpha value is -2.90. The van der Waals surface area contributed by atoms with Crippen LogP contribution in [0.5, 0.6) is 0 Å². The van der Waals surface area contributed by atoms with Gasteiger partial charge in [0.25, 0.3) is 0 Å². The number of hydrazine groups is 1. The number of hydrogen-bond donors (Lipinski definition) is 2. The van der Waals surface area contributed by atoms with Gasteiger partial charge < -0.3 is 10.5 Å². The van der Waals surface area contributed by atoms with Crippen LogP contribution < -0.4 is 10.4 Å². The number of benzene rings is 2. The fourth-order valence-electron chi connectivity index (χ4n) is 5.44. The third kappa shape index (κ3) is 3.79. The first-order valence-corrected chi connectivity index (χ1v) is 13.0. The highest BCUT2D eigenvalue weighted by atomic mass is 32.2. The van der Waals surface area contributed by atoms with Gasteiger partial charge in [-0.25, -0.2) is 12.8 Å². The van der Waals surface area contributed by atoms with Gasteiger partial charge in [0.2, 0.25) is 0 Å². The Balaban J connectivity index is 1.44. The predicted octanol–water partition coefficient (Wildman–Crippen LogP) is 4.43. The van der Waals surface area contributed by atoms with Crippen LogP contribution in [0.2, 0.25) is 0 Å². The Kier molecular flexibility index (Phi) is 5.21. The Morgan fingerprint density at radius 2 is 1.91 bits per heavy atom. The molecular weight excluding hydrogens is 439 g/mol. The predicted molar refractivity (Wildman–Crippen MR) is 126 cm³/mol. The fourth-order valence-corrected chi connectivity index (χ4v) is 6.41. The molecule has 5 nitrogen and oxygen atoms in total. The number of fused-ring (bicyclic) bond motifs is 1. The van der Waals surface area contributed by atoms with Gasteiger partial charge in [0.05, 0.1) is 21.9 Å². The minimum absolute atomic E-state index is 0.00981. The first kappa shape index (κ1) is 21.9. The molecule has 0 unspecified atom stereocenters. The number of nitrogens with one attached hydrogen (secondary N) is 1. The van der Waals surface area contributed by atoms with E-state index in [1.165, 1.54) is 18.4 Å². The van der Waals surface area contributed by atoms with Crippen molar-refractivity contribution in [3.8, 4) is 0 Å². The molecule has 0 fully saturated rings. The zero-order chi connectivity index (χ0) is 23.4. The summed E-state index contributed by atoms with van der Waals surface area (Å²) in [5.74, 6) is -0.268. The van der Waals surface area contributed by atoms with Gasteiger partial charge in [0, 0.05) is 23.9 Å². The van der Waals surface area contributed by atoms with E-state index in [9.17, 15) is 17.9 Å². The van der Waals surface area contributed by atoms with Crippen molar-refractivity contribution < 1.29 is 17.9 Å². The van der Waals surface area contributed by atoms with Crippen molar-refractivity contribution >= 4 is 15.5 Å². The first-order valence-electron chi connectivity index (χ1n) is 11.2. The van der Waals surface area contributed by atoms with E-state index in [0.717, 1.165) is 40.1 Å². The monoisotopic (exact) mass is 466 g/mol. The smallest absolute Gasteiger partial charge is 0.175 e. The second-order valence-electron chi connectivity index (χ2n) is 9.14. The van der Waals surface area contributed by atoms with Gasteiger partial charge in [-0.3, -0.25) is 5.01 Å². The number of aliphatic hydroxyl groups is 1. The molecule has 33 heavy (non-hydrogen) atoms. The van der Waals surface area contributed by atoms with E-state index in [4.69, 9.17) is 0 Å². The van der Waals surface area contributed by atoms with Crippen LogP contribution in [-0.4, -0.2) is 25.4 Å². The van der Waals surface area contributed by atoms with Crippen molar-refractivity contribution in [1.82, 2.24) is 5.43 Å². The molecule has 2 atom stereocenters. The van der Waals surface area contributed by atoms with Crippen LogP contribution in [0.1, 0.15) is 31.7 Å². The summed E-state index contributed by atoms with van der Waals surface area (Å²) < 4.78 is 37.7. The number of rotatable bonds is 5. The van der Waals surface area contributed by atoms with Crippen LogP contribution in [0.25, 0.3) is 0 Å². The maximum Gasteiger partial charge on any atom is 0.175 e. The molecule has 0 amide bonds. The average Bonchev–Trinajstić information content (AvgIpc) is 3.35. The average molecular weight is 467 g/mol. The fraction of sp³-hybridized carbons (Fsp3) is 0.308. The number of halogens is 1. The molecule has 3 aliphatic rings. The highest BCUT2D eigenvalue weighted by Crippen LogP contribution is 2.51. The van der Waals surface area contributed by atoms with Crippen LogP contribution >= 0.6 is 0 Å². The molecule has 0 radical (unpaired) electrons. The summed E-state index contributed by atoms with van der Waals surface area (Å²) in [4.78, 5) is 0.331. The summed E-state index contributed by atoms with van der Waals surface area (Å²) in [6.07, 6.45) is 7.61. The number of aryl methyl sites for hydroxylation is 1. The van der Waals surface area contributed by atoms with Crippen LogP contribution in [0.15, 0.2) is 88.1 Å². The molecule has 2 aromatic carbocycles. The van der Waals surface area contributed by atoms with E-state index >= 15 is 0 Å². The molecule has 1 aliphatic heterocycles. The molecular formula is C26H27FN2O3S. The molecule has 0 saturated carbocycles. The second-order valence-corrected chi connectivity index (χ2v) is 11.1. The number of nitrogens with zero attached hydrogens (tertiary/aromatic N) is 1. The molecule has 7 heteroatoms. The van der Waals surface area contributed by atoms with Gasteiger partial charge in [-0.15, -0.1) is 0 Å². The van der Waals surface area contributed by atoms with Crippen LogP contribution in [0.3, 0.4) is 0 Å². The largest absolute Gasteiger partial charge is 0.385 e. The molecule has 0 bridgehead atoms. The van der Waals surface area contributed by atoms with Crippen molar-refractivity contribution in [3.05, 3.63) is 94.6 Å². The van der Waals surface area contributed by atoms with Crippen LogP contribution in [0, 0.1) is 11.7 Å². The van der Waals surface area contributed by atoms with E-state index in [-0.39, 0.29) is 11.7 Å². The molecule has 2 aromatic rings. The number of anilines is 1. The number of allylic oxidation sites excluding steroid dienone is 3. The third-order valence-corrected chi connectivity index (χ3v) is 8.21. The minimum Gasteiger partial charge on any atom is -0.385 e. The lowest BCUT2D eigenvalue weighted by atomic mass is 9.76. The Morgan fingerprint density at radius 3 is 2.64 bits per heavy atom. The molecule has 5 rings (SSSR count). The van der Waals surface area contributed by atoms with Crippen molar-refractivity contribution in [2.24, 2.45) is 5.92 Å². The zero-order valence-corrected chi connectivity index (χ0v) is 19.5. The van der Waals surface area contributed by atoms with Crippen molar-refractivity contribution in [2.75, 3.05) is 11.3 Å². The highest BCUT2D eigenvalue weighted by Gasteiger charge is 2.45. The van der Waals surface area contributed by atoms with E-state index in [1.54, 1.807) is 24.3 Å². The van der Waals surface area contributed by atoms with E-state index in [2.05, 4.69) is 18.4 Å². The van der Waals surface area contributed by atoms with Gasteiger partial charge in [-0.05, 0) is 78.8 Å². The van der Waals surface area contributed by atoms with Gasteiger partial charge in [0.1, 0.15) is 5.82 Å². The summed E-state index contributed by atoms with van der Waals surface area (Å²) in [7, 11) is -3.33. The van der Waals surface area contributed by atoms with Crippen LogP contribution in [0.4, 0.5) is 10.1 Å². The number of hydrogen-bond acceptors (Lipinski definition) is 5. The molecule has 1 heterocycles. The summed E-state index contributed by atoms with van der Waals surface area (Å²) in [5, 5.41) is 13.6. The zero-order valence-electron chi connectivity index (χ0n) is 18.7. The standard InChI is InChI=1S/C26H27FN2O3S/c1-17-22-16-28-29(21-9-7-20(27)8-10-21)23(22)15-19-12-14-26(30,25(17)19)13-11-18-5-3-4-6-24(18)33(2,31)32/h3-10,15-17,28,30H,11-14H2,1-2H3/t17-,26-/m0/s1. The van der Waals surface area contributed by atoms with E-state index in [1.807, 2.05) is 23.3 Å². The molecule has 0 aromatic heterocycles. The van der Waals surface area contributed by atoms with Crippen molar-refractivity contribution in [2.45, 2.75) is 43.1 Å². The maximum absolute atomic E-state index is 13.4. The lowest BCUT2D eigenvalue weighted by molar-refractivity contribution is 0.0632. The summed E-state index contributed by atoms with van der Waals surface area (Å²) in [6.45, 7) is 2.10. The molecule has 2 aliphatic carbocycles. The first-order chi connectivity index (χ1) is 15.7. The Labute approximate surface area is 193 Å². The SMILES string of the molecule is C[C@H]1C2=CNN(c3ccc(F)cc3)C2=CC2=C1[C@](O)(CCc1ccccc1S(C)(=O)=O)CC2. The maximum atomic E-state index is 13.4. The molecule has 2 N–H and O–H groups in total. The Bertz CT molecular complexity index is 1310. The number of sulfone groups is 1. The topological polar surface area (TPSA) is 69.6 Å².